The number of hydrogen-bond acceptors (Lipinski definition) is 6. The predicted octanol–water partition coefficient (Wildman–Crippen LogP) is 2.46. The van der Waals surface area contributed by atoms with E-state index in [2.05, 4.69) is 27.2 Å². The van der Waals surface area contributed by atoms with Gasteiger partial charge in [-0.3, -0.25) is 4.79 Å². The number of aromatic nitrogens is 2. The first-order valence-corrected chi connectivity index (χ1v) is 10.0. The second-order valence-corrected chi connectivity index (χ2v) is 6.99. The highest BCUT2D eigenvalue weighted by molar-refractivity contribution is 7.99. The fraction of sp³-hybridized carbons (Fsp3) is 0.421. The molecular weight excluding hydrogens is 348 g/mol. The molecule has 1 saturated heterocycles. The molecule has 0 atom stereocenters. The highest BCUT2D eigenvalue weighted by Crippen LogP contribution is 2.17. The Morgan fingerprint density at radius 1 is 1.08 bits per heavy atom. The van der Waals surface area contributed by atoms with Crippen molar-refractivity contribution in [2.45, 2.75) is 12.7 Å². The average Bonchev–Trinajstić information content (AvgIpc) is 2.70. The Morgan fingerprint density at radius 2 is 1.85 bits per heavy atom. The number of hydrogen-bond donors (Lipinski definition) is 0. The van der Waals surface area contributed by atoms with Gasteiger partial charge >= 0.3 is 0 Å². The maximum absolute atomic E-state index is 12.4. The van der Waals surface area contributed by atoms with Crippen LogP contribution in [0, 0.1) is 0 Å². The van der Waals surface area contributed by atoms with Gasteiger partial charge in [0, 0.05) is 38.0 Å². The largest absolute Gasteiger partial charge is 0.477 e. The Labute approximate surface area is 158 Å². The van der Waals surface area contributed by atoms with E-state index in [0.29, 0.717) is 18.2 Å². The normalized spacial score (nSPS) is 14.3. The van der Waals surface area contributed by atoms with Crippen molar-refractivity contribution in [2.24, 2.45) is 0 Å². The molecule has 0 bridgehead atoms. The Kier molecular flexibility index (Phi) is 6.71. The first kappa shape index (κ1) is 18.5. The summed E-state index contributed by atoms with van der Waals surface area (Å²) in [6.07, 6.45) is 0. The zero-order chi connectivity index (χ0) is 18.2. The minimum atomic E-state index is 0.211. The van der Waals surface area contributed by atoms with Gasteiger partial charge in [-0.1, -0.05) is 30.3 Å². The second kappa shape index (κ2) is 9.43. The fourth-order valence-electron chi connectivity index (χ4n) is 2.81. The van der Waals surface area contributed by atoms with Crippen molar-refractivity contribution in [1.82, 2.24) is 15.1 Å². The van der Waals surface area contributed by atoms with Crippen molar-refractivity contribution in [1.29, 1.82) is 0 Å². The molecule has 26 heavy (non-hydrogen) atoms. The van der Waals surface area contributed by atoms with Gasteiger partial charge in [0.15, 0.2) is 5.82 Å². The first-order valence-electron chi connectivity index (χ1n) is 8.87. The van der Waals surface area contributed by atoms with Crippen LogP contribution in [-0.4, -0.2) is 59.5 Å². The summed E-state index contributed by atoms with van der Waals surface area (Å²) < 4.78 is 5.32. The monoisotopic (exact) mass is 372 g/mol. The van der Waals surface area contributed by atoms with E-state index in [9.17, 15) is 4.79 Å². The molecule has 7 heteroatoms. The second-order valence-electron chi connectivity index (χ2n) is 6.01. The van der Waals surface area contributed by atoms with Crippen molar-refractivity contribution < 1.29 is 9.53 Å². The van der Waals surface area contributed by atoms with Gasteiger partial charge < -0.3 is 14.5 Å². The molecule has 3 rings (SSSR count). The molecule has 0 N–H and O–H groups in total. The van der Waals surface area contributed by atoms with E-state index >= 15 is 0 Å². The Bertz CT molecular complexity index is 688. The molecule has 2 heterocycles. The number of anilines is 1. The maximum Gasteiger partial charge on any atom is 0.233 e. The number of benzene rings is 1. The molecule has 0 unspecified atom stereocenters. The molecule has 6 nitrogen and oxygen atoms in total. The van der Waals surface area contributed by atoms with Crippen LogP contribution in [-0.2, 0) is 10.5 Å². The molecule has 0 spiro atoms. The van der Waals surface area contributed by atoms with Crippen LogP contribution in [0.2, 0.25) is 0 Å². The number of rotatable bonds is 7. The zero-order valence-corrected chi connectivity index (χ0v) is 15.8. The minimum Gasteiger partial charge on any atom is -0.477 e. The first-order chi connectivity index (χ1) is 12.8. The smallest absolute Gasteiger partial charge is 0.233 e. The van der Waals surface area contributed by atoms with Gasteiger partial charge in [0.2, 0.25) is 11.8 Å². The molecular formula is C19H24N4O2S. The van der Waals surface area contributed by atoms with E-state index < -0.39 is 0 Å². The van der Waals surface area contributed by atoms with Crippen molar-refractivity contribution in [3.8, 4) is 5.88 Å². The number of carbonyl (C=O) groups excluding carboxylic acids is 1. The summed E-state index contributed by atoms with van der Waals surface area (Å²) >= 11 is 1.67. The molecule has 0 aliphatic carbocycles. The molecule has 1 amide bonds. The summed E-state index contributed by atoms with van der Waals surface area (Å²) in [7, 11) is 0. The molecule has 1 aromatic heterocycles. The van der Waals surface area contributed by atoms with Gasteiger partial charge in [0.1, 0.15) is 0 Å². The van der Waals surface area contributed by atoms with Gasteiger partial charge in [-0.2, -0.15) is 0 Å². The maximum atomic E-state index is 12.4. The summed E-state index contributed by atoms with van der Waals surface area (Å²) in [6.45, 7) is 5.50. The lowest BCUT2D eigenvalue weighted by atomic mass is 10.2. The molecule has 2 aromatic rings. The molecule has 1 fully saturated rings. The highest BCUT2D eigenvalue weighted by Gasteiger charge is 2.22. The van der Waals surface area contributed by atoms with Crippen LogP contribution in [0.3, 0.4) is 0 Å². The van der Waals surface area contributed by atoms with E-state index in [-0.39, 0.29) is 5.91 Å². The molecule has 1 aliphatic heterocycles. The summed E-state index contributed by atoms with van der Waals surface area (Å²) in [5, 5.41) is 8.29. The third kappa shape index (κ3) is 5.11. The van der Waals surface area contributed by atoms with E-state index in [1.807, 2.05) is 42.2 Å². The lowest BCUT2D eigenvalue weighted by Crippen LogP contribution is -2.49. The van der Waals surface area contributed by atoms with Crippen LogP contribution >= 0.6 is 11.8 Å². The third-order valence-corrected chi connectivity index (χ3v) is 5.20. The van der Waals surface area contributed by atoms with Crippen LogP contribution in [0.5, 0.6) is 5.88 Å². The summed E-state index contributed by atoms with van der Waals surface area (Å²) in [5.74, 6) is 2.98. The minimum absolute atomic E-state index is 0.211. The summed E-state index contributed by atoms with van der Waals surface area (Å²) in [6, 6.07) is 14.0. The van der Waals surface area contributed by atoms with Gasteiger partial charge in [0.25, 0.3) is 0 Å². The van der Waals surface area contributed by atoms with Gasteiger partial charge in [0.05, 0.1) is 12.4 Å². The third-order valence-electron chi connectivity index (χ3n) is 4.21. The molecule has 0 saturated carbocycles. The molecule has 1 aliphatic rings. The molecule has 138 valence electrons. The van der Waals surface area contributed by atoms with E-state index in [1.165, 1.54) is 5.56 Å². The standard InChI is InChI=1S/C19H24N4O2S/c1-2-25-18-9-8-17(20-21-18)22-10-12-23(13-11-22)19(24)15-26-14-16-6-4-3-5-7-16/h3-9H,2,10-15H2,1H3. The summed E-state index contributed by atoms with van der Waals surface area (Å²) in [4.78, 5) is 16.5. The number of carbonyl (C=O) groups is 1. The van der Waals surface area contributed by atoms with Crippen molar-refractivity contribution in [2.75, 3.05) is 43.4 Å². The fourth-order valence-corrected chi connectivity index (χ4v) is 3.70. The van der Waals surface area contributed by atoms with E-state index in [0.717, 1.165) is 37.7 Å². The lowest BCUT2D eigenvalue weighted by molar-refractivity contribution is -0.128. The van der Waals surface area contributed by atoms with E-state index in [4.69, 9.17) is 4.74 Å². The van der Waals surface area contributed by atoms with Crippen molar-refractivity contribution in [3.05, 3.63) is 48.0 Å². The van der Waals surface area contributed by atoms with Gasteiger partial charge in [-0.15, -0.1) is 22.0 Å². The SMILES string of the molecule is CCOc1ccc(N2CCN(C(=O)CSCc3ccccc3)CC2)nn1. The lowest BCUT2D eigenvalue weighted by Gasteiger charge is -2.35. The van der Waals surface area contributed by atoms with Crippen LogP contribution in [0.1, 0.15) is 12.5 Å². The molecule has 1 aromatic carbocycles. The number of ether oxygens (including phenoxy) is 1. The quantitative estimate of drug-likeness (QED) is 0.744. The predicted molar refractivity (Wildman–Crippen MR) is 105 cm³/mol. The number of amides is 1. The zero-order valence-electron chi connectivity index (χ0n) is 15.0. The van der Waals surface area contributed by atoms with E-state index in [1.54, 1.807) is 11.8 Å². The highest BCUT2D eigenvalue weighted by atomic mass is 32.2. The van der Waals surface area contributed by atoms with Crippen LogP contribution < -0.4 is 9.64 Å². The van der Waals surface area contributed by atoms with Crippen LogP contribution in [0.4, 0.5) is 5.82 Å². The van der Waals surface area contributed by atoms with Crippen molar-refractivity contribution in [3.63, 3.8) is 0 Å². The number of nitrogens with zero attached hydrogens (tertiary/aromatic N) is 4. The van der Waals surface area contributed by atoms with Crippen LogP contribution in [0.25, 0.3) is 0 Å². The molecule has 0 radical (unpaired) electrons. The Morgan fingerprint density at radius 3 is 2.50 bits per heavy atom. The van der Waals surface area contributed by atoms with Gasteiger partial charge in [-0.25, -0.2) is 0 Å². The number of piperazine rings is 1. The van der Waals surface area contributed by atoms with Crippen LogP contribution in [0.15, 0.2) is 42.5 Å². The average molecular weight is 372 g/mol. The summed E-state index contributed by atoms with van der Waals surface area (Å²) in [5.41, 5.74) is 1.25. The number of thioether (sulfide) groups is 1. The Hall–Kier alpha value is -2.28. The topological polar surface area (TPSA) is 58.6 Å². The Balaban J connectivity index is 1.42. The van der Waals surface area contributed by atoms with Crippen molar-refractivity contribution >= 4 is 23.5 Å². The van der Waals surface area contributed by atoms with Gasteiger partial charge in [-0.05, 0) is 18.6 Å².